The maximum absolute atomic E-state index is 12.9. The number of ketones is 1. The maximum atomic E-state index is 12.9. The first-order valence-corrected chi connectivity index (χ1v) is 10.7. The zero-order valence-corrected chi connectivity index (χ0v) is 17.9. The summed E-state index contributed by atoms with van der Waals surface area (Å²) in [6, 6.07) is 11.1. The zero-order chi connectivity index (χ0) is 20.8. The molecule has 0 spiro atoms. The lowest BCUT2D eigenvalue weighted by Gasteiger charge is -2.34. The molecule has 0 saturated carbocycles. The molecule has 1 aliphatic rings. The molecule has 1 aromatic heterocycles. The molecule has 1 N–H and O–H groups in total. The van der Waals surface area contributed by atoms with Gasteiger partial charge in [-0.1, -0.05) is 38.1 Å². The van der Waals surface area contributed by atoms with Crippen molar-refractivity contribution in [3.8, 4) is 0 Å². The molecule has 5 heteroatoms. The first kappa shape index (κ1) is 21.3. The van der Waals surface area contributed by atoms with Crippen molar-refractivity contribution in [1.82, 2.24) is 14.8 Å². The Morgan fingerprint density at radius 2 is 1.79 bits per heavy atom. The minimum absolute atomic E-state index is 0.0470. The monoisotopic (exact) mass is 395 g/mol. The van der Waals surface area contributed by atoms with Crippen LogP contribution in [0, 0.1) is 18.8 Å². The van der Waals surface area contributed by atoms with Gasteiger partial charge in [0, 0.05) is 31.4 Å². The molecule has 1 aromatic carbocycles. The molecule has 1 fully saturated rings. The molecular weight excluding hydrogens is 362 g/mol. The van der Waals surface area contributed by atoms with Crippen molar-refractivity contribution in [2.24, 2.45) is 11.8 Å². The number of rotatable bonds is 8. The van der Waals surface area contributed by atoms with Crippen LogP contribution in [0.4, 0.5) is 0 Å². The largest absolute Gasteiger partial charge is 0.355 e. The molecule has 1 amide bonds. The predicted octanol–water partition coefficient (Wildman–Crippen LogP) is 3.51. The Kier molecular flexibility index (Phi) is 7.26. The molecule has 1 aliphatic heterocycles. The van der Waals surface area contributed by atoms with Gasteiger partial charge >= 0.3 is 0 Å². The number of aryl methyl sites for hydroxylation is 1. The van der Waals surface area contributed by atoms with Crippen LogP contribution in [0.25, 0.3) is 0 Å². The fourth-order valence-electron chi connectivity index (χ4n) is 4.44. The maximum Gasteiger partial charge on any atom is 0.239 e. The standard InChI is InChI=1S/C24H33N3O2/c1-18-14-19(2)16-26(15-18)12-7-11-25-23(28)17-27-13-6-10-22(27)24(29)21-9-5-4-8-20(21)3/h4-6,8-10,13,18-19H,7,11-12,14-17H2,1-3H3,(H,25,28)/t18-,19-/m0/s1. The number of hydrogen-bond acceptors (Lipinski definition) is 3. The number of benzene rings is 1. The van der Waals surface area contributed by atoms with E-state index in [0.29, 0.717) is 17.8 Å². The molecule has 2 aromatic rings. The van der Waals surface area contributed by atoms with Crippen molar-refractivity contribution in [3.05, 3.63) is 59.4 Å². The van der Waals surface area contributed by atoms with E-state index in [0.717, 1.165) is 43.5 Å². The third kappa shape index (κ3) is 5.80. The van der Waals surface area contributed by atoms with Crippen LogP contribution in [0.3, 0.4) is 0 Å². The van der Waals surface area contributed by atoms with E-state index in [-0.39, 0.29) is 18.2 Å². The average molecular weight is 396 g/mol. The Hall–Kier alpha value is -2.40. The number of carbonyl (C=O) groups is 2. The van der Waals surface area contributed by atoms with Crippen LogP contribution in [0.1, 0.15) is 48.3 Å². The van der Waals surface area contributed by atoms with Crippen LogP contribution >= 0.6 is 0 Å². The van der Waals surface area contributed by atoms with Crippen molar-refractivity contribution in [2.75, 3.05) is 26.2 Å². The quantitative estimate of drug-likeness (QED) is 0.550. The number of piperidine rings is 1. The summed E-state index contributed by atoms with van der Waals surface area (Å²) in [6.07, 6.45) is 4.06. The first-order valence-electron chi connectivity index (χ1n) is 10.7. The van der Waals surface area contributed by atoms with Gasteiger partial charge in [0.05, 0.1) is 5.69 Å². The predicted molar refractivity (Wildman–Crippen MR) is 116 cm³/mol. The van der Waals surface area contributed by atoms with E-state index in [2.05, 4.69) is 24.1 Å². The van der Waals surface area contributed by atoms with Gasteiger partial charge in [0.25, 0.3) is 0 Å². The first-order chi connectivity index (χ1) is 13.9. The number of nitrogens with one attached hydrogen (secondary N) is 1. The number of carbonyl (C=O) groups excluding carboxylic acids is 2. The second-order valence-corrected chi connectivity index (χ2v) is 8.57. The molecule has 0 unspecified atom stereocenters. The summed E-state index contributed by atoms with van der Waals surface area (Å²) >= 11 is 0. The van der Waals surface area contributed by atoms with E-state index < -0.39 is 0 Å². The van der Waals surface area contributed by atoms with E-state index in [9.17, 15) is 9.59 Å². The van der Waals surface area contributed by atoms with Gasteiger partial charge in [0.15, 0.2) is 0 Å². The third-order valence-electron chi connectivity index (χ3n) is 5.68. The Morgan fingerprint density at radius 1 is 1.07 bits per heavy atom. The SMILES string of the molecule is Cc1ccccc1C(=O)c1cccn1CC(=O)NCCCN1C[C@@H](C)C[C@H](C)C1. The zero-order valence-electron chi connectivity index (χ0n) is 17.9. The lowest BCUT2D eigenvalue weighted by atomic mass is 9.92. The fraction of sp³-hybridized carbons (Fsp3) is 0.500. The summed E-state index contributed by atoms with van der Waals surface area (Å²) in [5.74, 6) is 1.41. The molecular formula is C24H33N3O2. The van der Waals surface area contributed by atoms with Crippen molar-refractivity contribution in [2.45, 2.75) is 40.2 Å². The molecule has 0 aliphatic carbocycles. The summed E-state index contributed by atoms with van der Waals surface area (Å²) in [5, 5.41) is 3.00. The van der Waals surface area contributed by atoms with Crippen LogP contribution in [0.5, 0.6) is 0 Å². The van der Waals surface area contributed by atoms with Crippen molar-refractivity contribution in [1.29, 1.82) is 0 Å². The fourth-order valence-corrected chi connectivity index (χ4v) is 4.44. The van der Waals surface area contributed by atoms with Crippen molar-refractivity contribution < 1.29 is 9.59 Å². The van der Waals surface area contributed by atoms with Crippen LogP contribution < -0.4 is 5.32 Å². The van der Waals surface area contributed by atoms with Gasteiger partial charge in [-0.3, -0.25) is 9.59 Å². The van der Waals surface area contributed by atoms with Crippen molar-refractivity contribution in [3.63, 3.8) is 0 Å². The lowest BCUT2D eigenvalue weighted by molar-refractivity contribution is -0.121. The smallest absolute Gasteiger partial charge is 0.239 e. The Labute approximate surface area is 174 Å². The molecule has 0 radical (unpaired) electrons. The summed E-state index contributed by atoms with van der Waals surface area (Å²) in [4.78, 5) is 27.8. The molecule has 156 valence electrons. The topological polar surface area (TPSA) is 54.3 Å². The normalized spacial score (nSPS) is 19.8. The molecule has 2 atom stereocenters. The number of hydrogen-bond donors (Lipinski definition) is 1. The highest BCUT2D eigenvalue weighted by Gasteiger charge is 2.21. The van der Waals surface area contributed by atoms with Crippen molar-refractivity contribution >= 4 is 11.7 Å². The van der Waals surface area contributed by atoms with Crippen LogP contribution in [-0.2, 0) is 11.3 Å². The molecule has 3 rings (SSSR count). The van der Waals surface area contributed by atoms with Gasteiger partial charge in [-0.05, 0) is 55.8 Å². The second kappa shape index (κ2) is 9.88. The Balaban J connectivity index is 1.47. The van der Waals surface area contributed by atoms with E-state index in [1.165, 1.54) is 6.42 Å². The summed E-state index contributed by atoms with van der Waals surface area (Å²) in [6.45, 7) is 10.7. The summed E-state index contributed by atoms with van der Waals surface area (Å²) < 4.78 is 1.73. The Morgan fingerprint density at radius 3 is 2.52 bits per heavy atom. The third-order valence-corrected chi connectivity index (χ3v) is 5.68. The highest BCUT2D eigenvalue weighted by Crippen LogP contribution is 2.20. The van der Waals surface area contributed by atoms with Gasteiger partial charge in [0.2, 0.25) is 11.7 Å². The van der Waals surface area contributed by atoms with Gasteiger partial charge in [-0.15, -0.1) is 0 Å². The Bertz CT molecular complexity index is 832. The van der Waals surface area contributed by atoms with E-state index in [1.54, 1.807) is 16.8 Å². The van der Waals surface area contributed by atoms with Crippen LogP contribution in [-0.4, -0.2) is 47.3 Å². The lowest BCUT2D eigenvalue weighted by Crippen LogP contribution is -2.40. The summed E-state index contributed by atoms with van der Waals surface area (Å²) in [7, 11) is 0. The van der Waals surface area contributed by atoms with E-state index >= 15 is 0 Å². The minimum atomic E-state index is -0.0552. The van der Waals surface area contributed by atoms with Gasteiger partial charge in [-0.2, -0.15) is 0 Å². The number of aromatic nitrogens is 1. The highest BCUT2D eigenvalue weighted by molar-refractivity contribution is 6.09. The molecule has 1 saturated heterocycles. The van der Waals surface area contributed by atoms with E-state index in [1.807, 2.05) is 37.3 Å². The second-order valence-electron chi connectivity index (χ2n) is 8.57. The van der Waals surface area contributed by atoms with Gasteiger partial charge in [0.1, 0.15) is 6.54 Å². The number of nitrogens with zero attached hydrogens (tertiary/aromatic N) is 2. The van der Waals surface area contributed by atoms with E-state index in [4.69, 9.17) is 0 Å². The molecule has 2 heterocycles. The molecule has 5 nitrogen and oxygen atoms in total. The van der Waals surface area contributed by atoms with Gasteiger partial charge in [-0.25, -0.2) is 0 Å². The van der Waals surface area contributed by atoms with Gasteiger partial charge < -0.3 is 14.8 Å². The summed E-state index contributed by atoms with van der Waals surface area (Å²) in [5.41, 5.74) is 2.17. The van der Waals surface area contributed by atoms with Crippen LogP contribution in [0.2, 0.25) is 0 Å². The number of likely N-dealkylation sites (tertiary alicyclic amines) is 1. The minimum Gasteiger partial charge on any atom is -0.355 e. The average Bonchev–Trinajstić information content (AvgIpc) is 3.12. The number of amides is 1. The highest BCUT2D eigenvalue weighted by atomic mass is 16.2. The molecule has 29 heavy (non-hydrogen) atoms. The molecule has 0 bridgehead atoms. The van der Waals surface area contributed by atoms with Crippen LogP contribution in [0.15, 0.2) is 42.6 Å².